The second kappa shape index (κ2) is 7.17. The van der Waals surface area contributed by atoms with E-state index < -0.39 is 0 Å². The molecule has 0 radical (unpaired) electrons. The summed E-state index contributed by atoms with van der Waals surface area (Å²) in [5.74, 6) is 0.760. The van der Waals surface area contributed by atoms with Gasteiger partial charge in [0.15, 0.2) is 11.3 Å². The van der Waals surface area contributed by atoms with Crippen LogP contribution in [0, 0.1) is 11.3 Å². The van der Waals surface area contributed by atoms with Crippen molar-refractivity contribution in [3.63, 3.8) is 0 Å². The van der Waals surface area contributed by atoms with Gasteiger partial charge in [-0.2, -0.15) is 10.4 Å². The molecule has 0 saturated carbocycles. The molecule has 4 aromatic rings. The fourth-order valence-corrected chi connectivity index (χ4v) is 2.66. The first-order valence-corrected chi connectivity index (χ1v) is 8.35. The molecule has 0 saturated heterocycles. The van der Waals surface area contributed by atoms with E-state index in [0.29, 0.717) is 33.8 Å². The number of carbonyl (C=O) groups excluding carboxylic acids is 1. The Bertz CT molecular complexity index is 1190. The van der Waals surface area contributed by atoms with Crippen LogP contribution in [0.2, 0.25) is 0 Å². The summed E-state index contributed by atoms with van der Waals surface area (Å²) in [6.07, 6.45) is 1.62. The number of anilines is 1. The number of rotatable bonds is 4. The van der Waals surface area contributed by atoms with Crippen LogP contribution in [0.1, 0.15) is 15.9 Å². The highest BCUT2D eigenvalue weighted by molar-refractivity contribution is 6.06. The predicted octanol–water partition coefficient (Wildman–Crippen LogP) is 3.15. The number of aromatic amines is 1. The van der Waals surface area contributed by atoms with Gasteiger partial charge in [-0.15, -0.1) is 0 Å². The maximum absolute atomic E-state index is 12.5. The minimum absolute atomic E-state index is 0.341. The highest BCUT2D eigenvalue weighted by atomic mass is 16.5. The normalized spacial score (nSPS) is 10.4. The highest BCUT2D eigenvalue weighted by Crippen LogP contribution is 2.24. The number of ether oxygens (including phenoxy) is 1. The van der Waals surface area contributed by atoms with Crippen molar-refractivity contribution in [2.75, 3.05) is 12.4 Å². The predicted molar refractivity (Wildman–Crippen MR) is 103 cm³/mol. The molecule has 2 N–H and O–H groups in total. The Morgan fingerprint density at radius 1 is 1.14 bits per heavy atom. The molecule has 1 amide bonds. The molecular formula is C20H14N6O2. The van der Waals surface area contributed by atoms with Gasteiger partial charge in [0, 0.05) is 11.1 Å². The molecule has 0 fully saturated rings. The van der Waals surface area contributed by atoms with Crippen molar-refractivity contribution in [2.24, 2.45) is 0 Å². The summed E-state index contributed by atoms with van der Waals surface area (Å²) in [5.41, 5.74) is 3.26. The number of hydrogen-bond acceptors (Lipinski definition) is 6. The van der Waals surface area contributed by atoms with Gasteiger partial charge in [-0.3, -0.25) is 9.89 Å². The fraction of sp³-hybridized carbons (Fsp3) is 0.0500. The van der Waals surface area contributed by atoms with Gasteiger partial charge in [-0.1, -0.05) is 0 Å². The molecule has 8 nitrogen and oxygen atoms in total. The van der Waals surface area contributed by atoms with Crippen LogP contribution in [0.4, 0.5) is 5.82 Å². The van der Waals surface area contributed by atoms with Gasteiger partial charge in [-0.25, -0.2) is 9.97 Å². The molecule has 4 rings (SSSR count). The van der Waals surface area contributed by atoms with Crippen molar-refractivity contribution >= 4 is 22.9 Å². The van der Waals surface area contributed by atoms with Crippen molar-refractivity contribution < 1.29 is 9.53 Å². The van der Waals surface area contributed by atoms with Gasteiger partial charge in [0.05, 0.1) is 30.6 Å². The van der Waals surface area contributed by atoms with Gasteiger partial charge in [0.25, 0.3) is 5.91 Å². The number of hydrogen-bond donors (Lipinski definition) is 2. The third-order valence-corrected chi connectivity index (χ3v) is 4.16. The lowest BCUT2D eigenvalue weighted by Gasteiger charge is -2.05. The second-order valence-electron chi connectivity index (χ2n) is 5.90. The molecule has 2 aromatic carbocycles. The van der Waals surface area contributed by atoms with Crippen LogP contribution < -0.4 is 10.1 Å². The number of amides is 1. The largest absolute Gasteiger partial charge is 0.497 e. The summed E-state index contributed by atoms with van der Waals surface area (Å²) in [4.78, 5) is 21.4. The Labute approximate surface area is 159 Å². The molecule has 0 aliphatic rings. The molecule has 0 unspecified atom stereocenters. The summed E-state index contributed by atoms with van der Waals surface area (Å²) >= 11 is 0. The number of carbonyl (C=O) groups is 1. The van der Waals surface area contributed by atoms with E-state index in [2.05, 4.69) is 25.5 Å². The Hall–Kier alpha value is -4.25. The maximum Gasteiger partial charge on any atom is 0.256 e. The Morgan fingerprint density at radius 3 is 2.57 bits per heavy atom. The Morgan fingerprint density at radius 2 is 1.89 bits per heavy atom. The molecule has 0 aliphatic carbocycles. The molecule has 2 aromatic heterocycles. The van der Waals surface area contributed by atoms with Crippen LogP contribution in [0.5, 0.6) is 5.75 Å². The number of nitrogens with zero attached hydrogens (tertiary/aromatic N) is 4. The SMILES string of the molecule is COc1ccc(-c2cnc3n[nH]c(NC(=O)c4ccc(C#N)cc4)c3n2)cc1. The monoisotopic (exact) mass is 370 g/mol. The van der Waals surface area contributed by atoms with Crippen molar-refractivity contribution in [3.05, 3.63) is 65.9 Å². The molecule has 0 spiro atoms. The van der Waals surface area contributed by atoms with E-state index in [4.69, 9.17) is 10.00 Å². The van der Waals surface area contributed by atoms with Crippen molar-refractivity contribution in [1.29, 1.82) is 5.26 Å². The van der Waals surface area contributed by atoms with Crippen LogP contribution in [0.25, 0.3) is 22.4 Å². The van der Waals surface area contributed by atoms with Gasteiger partial charge in [0.2, 0.25) is 5.65 Å². The second-order valence-corrected chi connectivity index (χ2v) is 5.90. The van der Waals surface area contributed by atoms with Gasteiger partial charge < -0.3 is 10.1 Å². The third kappa shape index (κ3) is 3.24. The lowest BCUT2D eigenvalue weighted by molar-refractivity contribution is 0.102. The third-order valence-electron chi connectivity index (χ3n) is 4.16. The molecule has 8 heteroatoms. The van der Waals surface area contributed by atoms with Crippen LogP contribution in [-0.2, 0) is 0 Å². The molecule has 0 atom stereocenters. The topological polar surface area (TPSA) is 117 Å². The van der Waals surface area contributed by atoms with E-state index in [-0.39, 0.29) is 5.91 Å². The molecule has 0 aliphatic heterocycles. The summed E-state index contributed by atoms with van der Waals surface area (Å²) in [5, 5.41) is 18.4. The van der Waals surface area contributed by atoms with E-state index in [9.17, 15) is 4.79 Å². The fourth-order valence-electron chi connectivity index (χ4n) is 2.66. The summed E-state index contributed by atoms with van der Waals surface area (Å²) < 4.78 is 5.17. The maximum atomic E-state index is 12.5. The van der Waals surface area contributed by atoms with E-state index in [1.807, 2.05) is 30.3 Å². The van der Waals surface area contributed by atoms with Crippen LogP contribution >= 0.6 is 0 Å². The first kappa shape index (κ1) is 17.2. The molecule has 136 valence electrons. The van der Waals surface area contributed by atoms with Crippen LogP contribution in [0.15, 0.2) is 54.7 Å². The number of benzene rings is 2. The first-order valence-electron chi connectivity index (χ1n) is 8.35. The number of fused-ring (bicyclic) bond motifs is 1. The number of methoxy groups -OCH3 is 1. The first-order chi connectivity index (χ1) is 13.7. The van der Waals surface area contributed by atoms with Gasteiger partial charge >= 0.3 is 0 Å². The smallest absolute Gasteiger partial charge is 0.256 e. The average Bonchev–Trinajstić information content (AvgIpc) is 3.15. The zero-order valence-electron chi connectivity index (χ0n) is 14.8. The Kier molecular flexibility index (Phi) is 4.40. The number of nitriles is 1. The lowest BCUT2D eigenvalue weighted by Crippen LogP contribution is -2.12. The van der Waals surface area contributed by atoms with Crippen molar-refractivity contribution in [1.82, 2.24) is 20.2 Å². The standard InChI is InChI=1S/C20H14N6O2/c1-28-15-8-6-13(7-9-15)16-11-22-18-17(23-16)19(26-25-18)24-20(27)14-4-2-12(10-21)3-5-14/h2-9,11H,1H3,(H2,22,24,25,26,27). The quantitative estimate of drug-likeness (QED) is 0.570. The van der Waals surface area contributed by atoms with Crippen molar-refractivity contribution in [2.45, 2.75) is 0 Å². The zero-order chi connectivity index (χ0) is 19.5. The lowest BCUT2D eigenvalue weighted by atomic mass is 10.1. The number of nitrogens with one attached hydrogen (secondary N) is 2. The zero-order valence-corrected chi connectivity index (χ0v) is 14.8. The van der Waals surface area contributed by atoms with Crippen molar-refractivity contribution in [3.8, 4) is 23.1 Å². The van der Waals surface area contributed by atoms with Crippen LogP contribution in [0.3, 0.4) is 0 Å². The molecular weight excluding hydrogens is 356 g/mol. The van der Waals surface area contributed by atoms with Crippen LogP contribution in [-0.4, -0.2) is 33.2 Å². The molecule has 28 heavy (non-hydrogen) atoms. The minimum Gasteiger partial charge on any atom is -0.497 e. The molecule has 0 bridgehead atoms. The average molecular weight is 370 g/mol. The van der Waals surface area contributed by atoms with E-state index in [1.54, 1.807) is 37.6 Å². The van der Waals surface area contributed by atoms with Gasteiger partial charge in [-0.05, 0) is 48.5 Å². The highest BCUT2D eigenvalue weighted by Gasteiger charge is 2.14. The molecule has 2 heterocycles. The summed E-state index contributed by atoms with van der Waals surface area (Å²) in [7, 11) is 1.61. The van der Waals surface area contributed by atoms with E-state index in [1.165, 1.54) is 0 Å². The Balaban J connectivity index is 1.63. The number of aromatic nitrogens is 4. The van der Waals surface area contributed by atoms with Gasteiger partial charge in [0.1, 0.15) is 5.75 Å². The van der Waals surface area contributed by atoms with E-state index >= 15 is 0 Å². The summed E-state index contributed by atoms with van der Waals surface area (Å²) in [6.45, 7) is 0. The number of H-pyrrole nitrogens is 1. The van der Waals surface area contributed by atoms with E-state index in [0.717, 1.165) is 11.3 Å². The minimum atomic E-state index is -0.341. The summed E-state index contributed by atoms with van der Waals surface area (Å²) in [6, 6.07) is 15.8.